The molecule has 1 unspecified atom stereocenters. The van der Waals surface area contributed by atoms with Crippen molar-refractivity contribution in [2.24, 2.45) is 10.3 Å². The lowest BCUT2D eigenvalue weighted by molar-refractivity contribution is -0.117. The number of halogens is 2. The molecule has 1 saturated carbocycles. The molecule has 1 fully saturated rings. The molecule has 30 heavy (non-hydrogen) atoms. The number of benzene rings is 1. The predicted octanol–water partition coefficient (Wildman–Crippen LogP) is 4.07. The number of carbonyl (C=O) groups is 1. The maximum atomic E-state index is 13.2. The lowest BCUT2D eigenvalue weighted by Gasteiger charge is -2.14. The Bertz CT molecular complexity index is 1250. The molecule has 0 saturated heterocycles. The van der Waals surface area contributed by atoms with E-state index in [2.05, 4.69) is 29.9 Å². The average molecular weight is 434 g/mol. The van der Waals surface area contributed by atoms with E-state index in [0.717, 1.165) is 12.8 Å². The molecule has 8 nitrogen and oxygen atoms in total. The Morgan fingerprint density at radius 1 is 1.27 bits per heavy atom. The van der Waals surface area contributed by atoms with E-state index in [4.69, 9.17) is 0 Å². The minimum absolute atomic E-state index is 0.0473. The molecule has 1 aliphatic carbocycles. The topological polar surface area (TPSA) is 112 Å². The van der Waals surface area contributed by atoms with Crippen LogP contribution in [0.1, 0.15) is 25.1 Å². The van der Waals surface area contributed by atoms with Crippen LogP contribution in [0.2, 0.25) is 0 Å². The Kier molecular flexibility index (Phi) is 5.14. The van der Waals surface area contributed by atoms with Crippen LogP contribution in [0.5, 0.6) is 0 Å². The fraction of sp³-hybridized carbons (Fsp3) is 0.316. The number of pyridine rings is 1. The van der Waals surface area contributed by atoms with Gasteiger partial charge in [-0.05, 0) is 25.0 Å². The number of amides is 1. The maximum Gasteiger partial charge on any atom is 0.295 e. The van der Waals surface area contributed by atoms with Gasteiger partial charge in [0.2, 0.25) is 5.91 Å². The third kappa shape index (κ3) is 3.97. The molecule has 2 heterocycles. The van der Waals surface area contributed by atoms with Crippen LogP contribution in [0.4, 0.5) is 26.0 Å². The van der Waals surface area contributed by atoms with Gasteiger partial charge in [0.05, 0.1) is 26.0 Å². The van der Waals surface area contributed by atoms with E-state index in [-0.39, 0.29) is 28.8 Å². The summed E-state index contributed by atoms with van der Waals surface area (Å²) in [4.78, 5) is 23.3. The molecule has 1 aliphatic rings. The molecule has 0 bridgehead atoms. The molecular formula is C19H20F2N6O2S. The van der Waals surface area contributed by atoms with E-state index in [0.29, 0.717) is 16.3 Å². The molecule has 1 atom stereocenters. The summed E-state index contributed by atoms with van der Waals surface area (Å²) in [5.74, 6) is -0.527. The fourth-order valence-electron chi connectivity index (χ4n) is 2.99. The average Bonchev–Trinajstić information content (AvgIpc) is 3.47. The van der Waals surface area contributed by atoms with E-state index in [1.807, 2.05) is 0 Å². The molecule has 158 valence electrons. The van der Waals surface area contributed by atoms with Crippen molar-refractivity contribution in [2.45, 2.75) is 24.2 Å². The van der Waals surface area contributed by atoms with Crippen LogP contribution in [0.3, 0.4) is 0 Å². The van der Waals surface area contributed by atoms with Gasteiger partial charge >= 0.3 is 0 Å². The standard InChI is InChI=1S/C19H20F2N6O2S/c1-22-30(2,29)13-6-4-3-5-11(13)23-12-9-14(25-19(28)10-7-8-10)24-17-15(12)26-18(27-17)16(20)21/h3-6,9-10,16H,7-8H2,1-2H3,(H3,23,24,25,26,27,28). The number of para-hydroxylation sites is 1. The molecular weight excluding hydrogens is 414 g/mol. The maximum absolute atomic E-state index is 13.2. The molecule has 3 N–H and O–H groups in total. The number of carbonyl (C=O) groups excluding carboxylic acids is 1. The highest BCUT2D eigenvalue weighted by Crippen LogP contribution is 2.33. The number of alkyl halides is 2. The molecule has 1 aromatic carbocycles. The predicted molar refractivity (Wildman–Crippen MR) is 111 cm³/mol. The second kappa shape index (κ2) is 7.63. The van der Waals surface area contributed by atoms with Gasteiger partial charge in [0.1, 0.15) is 11.3 Å². The van der Waals surface area contributed by atoms with Crippen LogP contribution in [0.25, 0.3) is 11.2 Å². The normalized spacial score (nSPS) is 15.8. The number of imidazole rings is 1. The lowest BCUT2D eigenvalue weighted by atomic mass is 10.2. The molecule has 0 spiro atoms. The van der Waals surface area contributed by atoms with Gasteiger partial charge in [-0.2, -0.15) is 0 Å². The highest BCUT2D eigenvalue weighted by Gasteiger charge is 2.30. The van der Waals surface area contributed by atoms with Gasteiger partial charge < -0.3 is 15.6 Å². The number of aromatic nitrogens is 3. The summed E-state index contributed by atoms with van der Waals surface area (Å²) in [6.07, 6.45) is 0.340. The van der Waals surface area contributed by atoms with Crippen molar-refractivity contribution in [1.82, 2.24) is 15.0 Å². The molecule has 0 radical (unpaired) electrons. The summed E-state index contributed by atoms with van der Waals surface area (Å²) in [6.45, 7) is 0. The molecule has 3 aromatic rings. The highest BCUT2D eigenvalue weighted by molar-refractivity contribution is 7.93. The molecule has 4 rings (SSSR count). The Morgan fingerprint density at radius 2 is 2.00 bits per heavy atom. The Labute approximate surface area is 171 Å². The van der Waals surface area contributed by atoms with Gasteiger partial charge in [0.25, 0.3) is 6.43 Å². The number of hydrogen-bond acceptors (Lipinski definition) is 6. The van der Waals surface area contributed by atoms with Crippen LogP contribution in [0.15, 0.2) is 39.6 Å². The molecule has 0 aliphatic heterocycles. The first kappa shape index (κ1) is 20.2. The van der Waals surface area contributed by atoms with E-state index in [1.165, 1.54) is 19.4 Å². The third-order valence-corrected chi connectivity index (χ3v) is 6.66. The fourth-order valence-corrected chi connectivity index (χ4v) is 4.04. The van der Waals surface area contributed by atoms with E-state index in [9.17, 15) is 17.8 Å². The summed E-state index contributed by atoms with van der Waals surface area (Å²) in [6, 6.07) is 8.40. The van der Waals surface area contributed by atoms with Crippen molar-refractivity contribution in [3.05, 3.63) is 36.2 Å². The van der Waals surface area contributed by atoms with Crippen molar-refractivity contribution in [3.63, 3.8) is 0 Å². The Balaban J connectivity index is 1.81. The first-order valence-electron chi connectivity index (χ1n) is 9.24. The minimum Gasteiger partial charge on any atom is -0.353 e. The van der Waals surface area contributed by atoms with Gasteiger partial charge in [-0.1, -0.05) is 12.1 Å². The van der Waals surface area contributed by atoms with E-state index < -0.39 is 22.0 Å². The smallest absolute Gasteiger partial charge is 0.295 e. The SMILES string of the molecule is CN=S(C)(=O)c1ccccc1Nc1cc(NC(=O)C2CC2)nc2[nH]c(C(F)F)nc12. The van der Waals surface area contributed by atoms with Gasteiger partial charge in [0, 0.05) is 25.3 Å². The number of nitrogens with one attached hydrogen (secondary N) is 3. The summed E-state index contributed by atoms with van der Waals surface area (Å²) in [5, 5.41) is 5.83. The summed E-state index contributed by atoms with van der Waals surface area (Å²) in [5.41, 5.74) is 1.12. The van der Waals surface area contributed by atoms with Crippen LogP contribution >= 0.6 is 0 Å². The van der Waals surface area contributed by atoms with Gasteiger partial charge in [-0.15, -0.1) is 0 Å². The highest BCUT2D eigenvalue weighted by atomic mass is 32.2. The van der Waals surface area contributed by atoms with Gasteiger partial charge in [-0.25, -0.2) is 27.3 Å². The number of anilines is 3. The molecule has 1 amide bonds. The van der Waals surface area contributed by atoms with Crippen molar-refractivity contribution >= 4 is 44.0 Å². The number of aromatic amines is 1. The van der Waals surface area contributed by atoms with Crippen LogP contribution in [-0.4, -0.2) is 38.4 Å². The second-order valence-corrected chi connectivity index (χ2v) is 9.45. The lowest BCUT2D eigenvalue weighted by Crippen LogP contribution is -2.14. The summed E-state index contributed by atoms with van der Waals surface area (Å²) >= 11 is 0. The summed E-state index contributed by atoms with van der Waals surface area (Å²) in [7, 11) is -1.19. The molecule has 2 aromatic heterocycles. The van der Waals surface area contributed by atoms with E-state index >= 15 is 0 Å². The van der Waals surface area contributed by atoms with Crippen LogP contribution in [-0.2, 0) is 14.5 Å². The zero-order valence-electron chi connectivity index (χ0n) is 16.3. The van der Waals surface area contributed by atoms with Crippen molar-refractivity contribution in [2.75, 3.05) is 23.9 Å². The summed E-state index contributed by atoms with van der Waals surface area (Å²) < 4.78 is 43.2. The largest absolute Gasteiger partial charge is 0.353 e. The number of fused-ring (bicyclic) bond motifs is 1. The monoisotopic (exact) mass is 434 g/mol. The molecule has 11 heteroatoms. The van der Waals surface area contributed by atoms with Crippen molar-refractivity contribution in [1.29, 1.82) is 0 Å². The number of rotatable bonds is 6. The van der Waals surface area contributed by atoms with Gasteiger partial charge in [-0.3, -0.25) is 4.79 Å². The minimum atomic E-state index is -2.81. The third-order valence-electron chi connectivity index (χ3n) is 4.79. The van der Waals surface area contributed by atoms with Gasteiger partial charge in [0.15, 0.2) is 11.5 Å². The first-order valence-corrected chi connectivity index (χ1v) is 11.2. The number of nitrogens with zero attached hydrogens (tertiary/aromatic N) is 3. The first-order chi connectivity index (χ1) is 14.3. The number of hydrogen-bond donors (Lipinski definition) is 3. The zero-order chi connectivity index (χ0) is 21.5. The zero-order valence-corrected chi connectivity index (χ0v) is 17.1. The van der Waals surface area contributed by atoms with Crippen molar-refractivity contribution in [3.8, 4) is 0 Å². The van der Waals surface area contributed by atoms with Crippen molar-refractivity contribution < 1.29 is 17.8 Å². The van der Waals surface area contributed by atoms with Crippen LogP contribution in [0, 0.1) is 5.92 Å². The number of H-pyrrole nitrogens is 1. The quantitative estimate of drug-likeness (QED) is 0.541. The second-order valence-electron chi connectivity index (χ2n) is 7.04. The van der Waals surface area contributed by atoms with Crippen LogP contribution < -0.4 is 10.6 Å². The Hall–Kier alpha value is -3.08. The van der Waals surface area contributed by atoms with E-state index in [1.54, 1.807) is 24.3 Å². The Morgan fingerprint density at radius 3 is 2.67 bits per heavy atom.